The second-order valence-electron chi connectivity index (χ2n) is 7.37. The largest absolute Gasteiger partial charge is 0.361 e. The van der Waals surface area contributed by atoms with Crippen LogP contribution in [0.15, 0.2) is 54.5 Å². The quantitative estimate of drug-likeness (QED) is 0.499. The molecule has 142 valence electrons. The van der Waals surface area contributed by atoms with Gasteiger partial charge >= 0.3 is 0 Å². The SMILES string of the molecule is N#C/C(=C\c1ccn(C2CCCC2)c1)C(=O)NCCc1c[nH]c2ccccc12. The number of nitrogens with one attached hydrogen (secondary N) is 2. The topological polar surface area (TPSA) is 73.6 Å². The van der Waals surface area contributed by atoms with Crippen LogP contribution in [-0.2, 0) is 11.2 Å². The Morgan fingerprint density at radius 2 is 2.11 bits per heavy atom. The van der Waals surface area contributed by atoms with E-state index in [4.69, 9.17) is 0 Å². The first-order chi connectivity index (χ1) is 13.7. The third kappa shape index (κ3) is 3.86. The van der Waals surface area contributed by atoms with Crippen LogP contribution in [0.25, 0.3) is 17.0 Å². The van der Waals surface area contributed by atoms with E-state index in [1.165, 1.54) is 31.1 Å². The van der Waals surface area contributed by atoms with Crippen molar-refractivity contribution in [1.29, 1.82) is 5.26 Å². The molecule has 2 N–H and O–H groups in total. The molecule has 2 aromatic heterocycles. The number of rotatable bonds is 6. The van der Waals surface area contributed by atoms with Crippen molar-refractivity contribution in [3.63, 3.8) is 0 Å². The van der Waals surface area contributed by atoms with E-state index in [9.17, 15) is 10.1 Å². The zero-order valence-electron chi connectivity index (χ0n) is 15.8. The van der Waals surface area contributed by atoms with E-state index in [0.717, 1.165) is 16.6 Å². The Labute approximate surface area is 164 Å². The number of hydrogen-bond donors (Lipinski definition) is 2. The minimum atomic E-state index is -0.323. The average Bonchev–Trinajstić information content (AvgIpc) is 3.46. The van der Waals surface area contributed by atoms with Crippen LogP contribution in [0.3, 0.4) is 0 Å². The number of benzene rings is 1. The Hall–Kier alpha value is -3.26. The van der Waals surface area contributed by atoms with Crippen molar-refractivity contribution in [2.75, 3.05) is 6.54 Å². The average molecular weight is 372 g/mol. The maximum atomic E-state index is 12.4. The normalized spacial score (nSPS) is 15.0. The van der Waals surface area contributed by atoms with Gasteiger partial charge in [0.1, 0.15) is 11.6 Å². The summed E-state index contributed by atoms with van der Waals surface area (Å²) in [5.74, 6) is -0.323. The van der Waals surface area contributed by atoms with Gasteiger partial charge in [-0.25, -0.2) is 0 Å². The monoisotopic (exact) mass is 372 g/mol. The number of amides is 1. The summed E-state index contributed by atoms with van der Waals surface area (Å²) in [4.78, 5) is 15.7. The molecule has 1 fully saturated rings. The molecule has 0 spiro atoms. The van der Waals surface area contributed by atoms with Gasteiger partial charge in [-0.1, -0.05) is 31.0 Å². The van der Waals surface area contributed by atoms with E-state index >= 15 is 0 Å². The number of fused-ring (bicyclic) bond motifs is 1. The molecule has 5 heteroatoms. The van der Waals surface area contributed by atoms with E-state index in [0.29, 0.717) is 19.0 Å². The number of nitrogens with zero attached hydrogens (tertiary/aromatic N) is 2. The van der Waals surface area contributed by atoms with Crippen LogP contribution >= 0.6 is 0 Å². The standard InChI is InChI=1S/C23H24N4O/c24-14-19(13-17-10-12-27(16-17)20-5-1-2-6-20)23(28)25-11-9-18-15-26-22-8-4-3-7-21(18)22/h3-4,7-8,10,12-13,15-16,20,26H,1-2,5-6,9,11H2,(H,25,28)/b19-13+. The second kappa shape index (κ2) is 8.18. The number of aromatic nitrogens is 2. The van der Waals surface area contributed by atoms with Crippen LogP contribution in [-0.4, -0.2) is 22.0 Å². The summed E-state index contributed by atoms with van der Waals surface area (Å²) in [7, 11) is 0. The van der Waals surface area contributed by atoms with Crippen LogP contribution < -0.4 is 5.32 Å². The molecule has 0 radical (unpaired) electrons. The van der Waals surface area contributed by atoms with Crippen molar-refractivity contribution in [2.45, 2.75) is 38.1 Å². The Bertz CT molecular complexity index is 1040. The minimum Gasteiger partial charge on any atom is -0.361 e. The molecule has 0 aliphatic heterocycles. The number of nitriles is 1. The molecule has 0 saturated heterocycles. The molecule has 4 rings (SSSR count). The van der Waals surface area contributed by atoms with Crippen molar-refractivity contribution in [3.8, 4) is 6.07 Å². The summed E-state index contributed by atoms with van der Waals surface area (Å²) < 4.78 is 2.21. The summed E-state index contributed by atoms with van der Waals surface area (Å²) in [6.45, 7) is 0.489. The van der Waals surface area contributed by atoms with Crippen LogP contribution in [0.4, 0.5) is 0 Å². The van der Waals surface area contributed by atoms with Crippen LogP contribution in [0, 0.1) is 11.3 Å². The minimum absolute atomic E-state index is 0.142. The number of carbonyl (C=O) groups is 1. The van der Waals surface area contributed by atoms with Gasteiger partial charge < -0.3 is 14.9 Å². The van der Waals surface area contributed by atoms with Crippen molar-refractivity contribution in [3.05, 3.63) is 65.6 Å². The molecule has 28 heavy (non-hydrogen) atoms. The fourth-order valence-electron chi connectivity index (χ4n) is 4.00. The molecular formula is C23H24N4O. The number of para-hydroxylation sites is 1. The van der Waals surface area contributed by atoms with Gasteiger partial charge in [-0.3, -0.25) is 4.79 Å². The third-order valence-electron chi connectivity index (χ3n) is 5.51. The maximum absolute atomic E-state index is 12.4. The molecule has 0 bridgehead atoms. The molecular weight excluding hydrogens is 348 g/mol. The van der Waals surface area contributed by atoms with Crippen LogP contribution in [0.1, 0.15) is 42.9 Å². The third-order valence-corrected chi connectivity index (χ3v) is 5.51. The van der Waals surface area contributed by atoms with Crippen molar-refractivity contribution in [2.24, 2.45) is 0 Å². The molecule has 5 nitrogen and oxygen atoms in total. The smallest absolute Gasteiger partial charge is 0.261 e. The Balaban J connectivity index is 1.37. The van der Waals surface area contributed by atoms with E-state index in [1.54, 1.807) is 6.08 Å². The summed E-state index contributed by atoms with van der Waals surface area (Å²) in [6, 6.07) is 12.7. The molecule has 0 atom stereocenters. The van der Waals surface area contributed by atoms with Gasteiger partial charge in [0.25, 0.3) is 5.91 Å². The first-order valence-electron chi connectivity index (χ1n) is 9.87. The van der Waals surface area contributed by atoms with Crippen molar-refractivity contribution < 1.29 is 4.79 Å². The summed E-state index contributed by atoms with van der Waals surface area (Å²) in [6.07, 6.45) is 13.4. The lowest BCUT2D eigenvalue weighted by Gasteiger charge is -2.10. The fraction of sp³-hybridized carbons (Fsp3) is 0.304. The lowest BCUT2D eigenvalue weighted by molar-refractivity contribution is -0.117. The van der Waals surface area contributed by atoms with Gasteiger partial charge in [-0.15, -0.1) is 0 Å². The predicted molar refractivity (Wildman–Crippen MR) is 111 cm³/mol. The Morgan fingerprint density at radius 1 is 1.29 bits per heavy atom. The summed E-state index contributed by atoms with van der Waals surface area (Å²) in [5.41, 5.74) is 3.29. The number of carbonyl (C=O) groups excluding carboxylic acids is 1. The summed E-state index contributed by atoms with van der Waals surface area (Å²) in [5, 5.41) is 13.4. The first kappa shape index (κ1) is 18.1. The molecule has 1 saturated carbocycles. The lowest BCUT2D eigenvalue weighted by atomic mass is 10.1. The number of hydrogen-bond acceptors (Lipinski definition) is 2. The van der Waals surface area contributed by atoms with Crippen molar-refractivity contribution >= 4 is 22.9 Å². The van der Waals surface area contributed by atoms with Crippen LogP contribution in [0.5, 0.6) is 0 Å². The van der Waals surface area contributed by atoms with Gasteiger partial charge in [0.2, 0.25) is 0 Å². The van der Waals surface area contributed by atoms with E-state index in [1.807, 2.05) is 48.9 Å². The molecule has 2 heterocycles. The van der Waals surface area contributed by atoms with Crippen molar-refractivity contribution in [1.82, 2.24) is 14.9 Å². The van der Waals surface area contributed by atoms with Gasteiger partial charge in [0, 0.05) is 42.1 Å². The number of aromatic amines is 1. The molecule has 0 unspecified atom stereocenters. The highest BCUT2D eigenvalue weighted by atomic mass is 16.1. The van der Waals surface area contributed by atoms with Gasteiger partial charge in [0.15, 0.2) is 0 Å². The second-order valence-corrected chi connectivity index (χ2v) is 7.37. The Kier molecular flexibility index (Phi) is 5.29. The van der Waals surface area contributed by atoms with Gasteiger partial charge in [0.05, 0.1) is 0 Å². The molecule has 1 aliphatic carbocycles. The zero-order valence-corrected chi connectivity index (χ0v) is 15.8. The predicted octanol–water partition coefficient (Wildman–Crippen LogP) is 4.35. The molecule has 1 aromatic carbocycles. The van der Waals surface area contributed by atoms with E-state index in [2.05, 4.69) is 20.9 Å². The van der Waals surface area contributed by atoms with Crippen LogP contribution in [0.2, 0.25) is 0 Å². The first-order valence-corrected chi connectivity index (χ1v) is 9.87. The zero-order chi connectivity index (χ0) is 19.3. The highest BCUT2D eigenvalue weighted by Gasteiger charge is 2.16. The van der Waals surface area contributed by atoms with Gasteiger partial charge in [-0.2, -0.15) is 5.26 Å². The molecule has 1 amide bonds. The summed E-state index contributed by atoms with van der Waals surface area (Å²) >= 11 is 0. The van der Waals surface area contributed by atoms with E-state index in [-0.39, 0.29) is 11.5 Å². The highest BCUT2D eigenvalue weighted by molar-refractivity contribution is 6.01. The number of H-pyrrole nitrogens is 1. The molecule has 1 aliphatic rings. The highest BCUT2D eigenvalue weighted by Crippen LogP contribution is 2.30. The Morgan fingerprint density at radius 3 is 2.93 bits per heavy atom. The molecule has 3 aromatic rings. The lowest BCUT2D eigenvalue weighted by Crippen LogP contribution is -2.26. The van der Waals surface area contributed by atoms with E-state index < -0.39 is 0 Å². The fourth-order valence-corrected chi connectivity index (χ4v) is 4.00. The van der Waals surface area contributed by atoms with Gasteiger partial charge in [-0.05, 0) is 48.6 Å². The maximum Gasteiger partial charge on any atom is 0.261 e.